The van der Waals surface area contributed by atoms with Gasteiger partial charge in [0.05, 0.1) is 0 Å². The molecule has 1 unspecified atom stereocenters. The Bertz CT molecular complexity index is 159. The van der Waals surface area contributed by atoms with Gasteiger partial charge in [-0.25, -0.2) is 0 Å². The molecule has 3 heteroatoms. The molecule has 1 aliphatic heterocycles. The molecule has 1 amide bonds. The quantitative estimate of drug-likeness (QED) is 0.639. The van der Waals surface area contributed by atoms with E-state index in [9.17, 15) is 4.79 Å². The third kappa shape index (κ3) is 2.21. The van der Waals surface area contributed by atoms with E-state index in [1.807, 2.05) is 11.8 Å². The number of likely N-dealkylation sites (tertiary alicyclic amines) is 1. The maximum atomic E-state index is 11.2. The maximum absolute atomic E-state index is 11.2. The first kappa shape index (κ1) is 9.52. The molecule has 1 aliphatic rings. The smallest absolute Gasteiger partial charge is 0.224 e. The molecule has 1 atom stereocenters. The molecule has 70 valence electrons. The minimum absolute atomic E-state index is 0.0278. The minimum atomic E-state index is -0.0278. The number of hydrogen-bond donors (Lipinski definition) is 0. The van der Waals surface area contributed by atoms with Gasteiger partial charge < -0.3 is 9.64 Å². The van der Waals surface area contributed by atoms with Crippen molar-refractivity contribution in [3.05, 3.63) is 0 Å². The number of hydrogen-bond acceptors (Lipinski definition) is 2. The number of carbonyl (C=O) groups is 1. The summed E-state index contributed by atoms with van der Waals surface area (Å²) in [5, 5.41) is 0. The summed E-state index contributed by atoms with van der Waals surface area (Å²) in [6, 6.07) is 0. The van der Waals surface area contributed by atoms with Crippen LogP contribution in [-0.2, 0) is 9.53 Å². The van der Waals surface area contributed by atoms with Crippen LogP contribution in [0, 0.1) is 0 Å². The van der Waals surface area contributed by atoms with E-state index >= 15 is 0 Å². The highest BCUT2D eigenvalue weighted by Gasteiger charge is 2.24. The van der Waals surface area contributed by atoms with E-state index in [1.165, 1.54) is 0 Å². The summed E-state index contributed by atoms with van der Waals surface area (Å²) in [4.78, 5) is 13.0. The second kappa shape index (κ2) is 4.45. The van der Waals surface area contributed by atoms with Crippen molar-refractivity contribution in [3.63, 3.8) is 0 Å². The highest BCUT2D eigenvalue weighted by atomic mass is 16.5. The monoisotopic (exact) mass is 171 g/mol. The first-order chi connectivity index (χ1) is 5.75. The number of ether oxygens (including phenoxy) is 1. The van der Waals surface area contributed by atoms with Crippen molar-refractivity contribution in [1.29, 1.82) is 0 Å². The van der Waals surface area contributed by atoms with Crippen molar-refractivity contribution in [2.45, 2.75) is 39.3 Å². The van der Waals surface area contributed by atoms with Crippen LogP contribution in [0.4, 0.5) is 0 Å². The molecular formula is C9H17NO2. The second-order valence-electron chi connectivity index (χ2n) is 3.16. The number of rotatable bonds is 4. The molecule has 0 aromatic carbocycles. The van der Waals surface area contributed by atoms with Crippen molar-refractivity contribution in [2.24, 2.45) is 0 Å². The predicted molar refractivity (Wildman–Crippen MR) is 46.7 cm³/mol. The van der Waals surface area contributed by atoms with Crippen molar-refractivity contribution >= 4 is 5.91 Å². The highest BCUT2D eigenvalue weighted by Crippen LogP contribution is 2.13. The molecule has 1 rings (SSSR count). The van der Waals surface area contributed by atoms with E-state index in [-0.39, 0.29) is 12.1 Å². The van der Waals surface area contributed by atoms with Gasteiger partial charge >= 0.3 is 0 Å². The van der Waals surface area contributed by atoms with Gasteiger partial charge in [-0.1, -0.05) is 6.92 Å². The number of amides is 1. The molecule has 3 nitrogen and oxygen atoms in total. The number of carbonyl (C=O) groups excluding carboxylic acids is 1. The van der Waals surface area contributed by atoms with E-state index in [4.69, 9.17) is 4.74 Å². The molecule has 0 spiro atoms. The average Bonchev–Trinajstić information content (AvgIpc) is 2.47. The van der Waals surface area contributed by atoms with Crippen LogP contribution < -0.4 is 0 Å². The lowest BCUT2D eigenvalue weighted by Gasteiger charge is -2.23. The van der Waals surface area contributed by atoms with Gasteiger partial charge in [-0.2, -0.15) is 0 Å². The van der Waals surface area contributed by atoms with E-state index in [2.05, 4.69) is 6.92 Å². The van der Waals surface area contributed by atoms with Crippen molar-refractivity contribution in [1.82, 2.24) is 4.90 Å². The standard InChI is InChI=1S/C9H17NO2/c1-3-7-12-8(2)10-6-4-5-9(10)11/h8H,3-7H2,1-2H3. The second-order valence-corrected chi connectivity index (χ2v) is 3.16. The highest BCUT2D eigenvalue weighted by molar-refractivity contribution is 5.78. The largest absolute Gasteiger partial charge is 0.359 e. The molecule has 0 radical (unpaired) electrons. The predicted octanol–water partition coefficient (Wildman–Crippen LogP) is 1.38. The molecule has 0 N–H and O–H groups in total. The molecule has 12 heavy (non-hydrogen) atoms. The third-order valence-electron chi connectivity index (χ3n) is 2.11. The fourth-order valence-corrected chi connectivity index (χ4v) is 1.43. The van der Waals surface area contributed by atoms with Crippen molar-refractivity contribution in [3.8, 4) is 0 Å². The average molecular weight is 171 g/mol. The maximum Gasteiger partial charge on any atom is 0.224 e. The topological polar surface area (TPSA) is 29.5 Å². The molecule has 0 aliphatic carbocycles. The molecule has 0 saturated carbocycles. The van der Waals surface area contributed by atoms with Gasteiger partial charge in [-0.3, -0.25) is 4.79 Å². The van der Waals surface area contributed by atoms with Crippen LogP contribution in [0.5, 0.6) is 0 Å². The first-order valence-corrected chi connectivity index (χ1v) is 4.66. The van der Waals surface area contributed by atoms with Gasteiger partial charge in [0.15, 0.2) is 0 Å². The lowest BCUT2D eigenvalue weighted by Crippen LogP contribution is -2.36. The SMILES string of the molecule is CCCOC(C)N1CCCC1=O. The molecule has 0 bridgehead atoms. The van der Waals surface area contributed by atoms with Crippen LogP contribution in [0.1, 0.15) is 33.1 Å². The normalized spacial score (nSPS) is 20.2. The van der Waals surface area contributed by atoms with Gasteiger partial charge in [-0.15, -0.1) is 0 Å². The lowest BCUT2D eigenvalue weighted by atomic mass is 10.4. The van der Waals surface area contributed by atoms with Crippen LogP contribution in [0.2, 0.25) is 0 Å². The molecule has 1 fully saturated rings. The summed E-state index contributed by atoms with van der Waals surface area (Å²) in [5.41, 5.74) is 0. The summed E-state index contributed by atoms with van der Waals surface area (Å²) in [5.74, 6) is 0.235. The lowest BCUT2D eigenvalue weighted by molar-refractivity contribution is -0.139. The van der Waals surface area contributed by atoms with Gasteiger partial charge in [0, 0.05) is 19.6 Å². The molecule has 1 heterocycles. The van der Waals surface area contributed by atoms with E-state index in [0.29, 0.717) is 6.42 Å². The van der Waals surface area contributed by atoms with Crippen molar-refractivity contribution in [2.75, 3.05) is 13.2 Å². The van der Waals surface area contributed by atoms with Gasteiger partial charge in [0.2, 0.25) is 5.91 Å². The molecular weight excluding hydrogens is 154 g/mol. The van der Waals surface area contributed by atoms with Crippen LogP contribution >= 0.6 is 0 Å². The Balaban J connectivity index is 2.30. The fraction of sp³-hybridized carbons (Fsp3) is 0.889. The van der Waals surface area contributed by atoms with Crippen LogP contribution in [0.25, 0.3) is 0 Å². The van der Waals surface area contributed by atoms with E-state index in [0.717, 1.165) is 26.0 Å². The van der Waals surface area contributed by atoms with Crippen LogP contribution in [0.15, 0.2) is 0 Å². The zero-order valence-electron chi connectivity index (χ0n) is 7.88. The van der Waals surface area contributed by atoms with Gasteiger partial charge in [0.1, 0.15) is 6.23 Å². The van der Waals surface area contributed by atoms with Gasteiger partial charge in [0.25, 0.3) is 0 Å². The third-order valence-corrected chi connectivity index (χ3v) is 2.11. The molecule has 0 aromatic heterocycles. The summed E-state index contributed by atoms with van der Waals surface area (Å²) in [6.45, 7) is 5.62. The summed E-state index contributed by atoms with van der Waals surface area (Å²) in [6.07, 6.45) is 2.66. The Morgan fingerprint density at radius 2 is 2.42 bits per heavy atom. The Hall–Kier alpha value is -0.570. The van der Waals surface area contributed by atoms with Crippen LogP contribution in [-0.4, -0.2) is 30.2 Å². The zero-order chi connectivity index (χ0) is 8.97. The number of nitrogens with zero attached hydrogens (tertiary/aromatic N) is 1. The van der Waals surface area contributed by atoms with Crippen LogP contribution in [0.3, 0.4) is 0 Å². The summed E-state index contributed by atoms with van der Waals surface area (Å²) >= 11 is 0. The molecule has 0 aromatic rings. The Labute approximate surface area is 73.7 Å². The fourth-order valence-electron chi connectivity index (χ4n) is 1.43. The Morgan fingerprint density at radius 1 is 1.67 bits per heavy atom. The molecule has 1 saturated heterocycles. The summed E-state index contributed by atoms with van der Waals surface area (Å²) in [7, 11) is 0. The Kier molecular flexibility index (Phi) is 3.53. The first-order valence-electron chi connectivity index (χ1n) is 4.66. The minimum Gasteiger partial charge on any atom is -0.359 e. The van der Waals surface area contributed by atoms with E-state index in [1.54, 1.807) is 0 Å². The van der Waals surface area contributed by atoms with Gasteiger partial charge in [-0.05, 0) is 19.8 Å². The summed E-state index contributed by atoms with van der Waals surface area (Å²) < 4.78 is 5.45. The van der Waals surface area contributed by atoms with Crippen molar-refractivity contribution < 1.29 is 9.53 Å². The van der Waals surface area contributed by atoms with E-state index < -0.39 is 0 Å². The zero-order valence-corrected chi connectivity index (χ0v) is 7.88. The Morgan fingerprint density at radius 3 is 2.92 bits per heavy atom.